The van der Waals surface area contributed by atoms with Gasteiger partial charge in [0.25, 0.3) is 11.8 Å². The van der Waals surface area contributed by atoms with Crippen molar-refractivity contribution in [2.24, 2.45) is 7.05 Å². The van der Waals surface area contributed by atoms with Gasteiger partial charge < -0.3 is 4.74 Å². The maximum atomic E-state index is 12.0. The molecule has 2 heterocycles. The number of nitrogens with zero attached hydrogens (tertiary/aromatic N) is 3. The zero-order chi connectivity index (χ0) is 17.1. The van der Waals surface area contributed by atoms with E-state index >= 15 is 0 Å². The first-order valence-corrected chi connectivity index (χ1v) is 7.71. The van der Waals surface area contributed by atoms with E-state index in [-0.39, 0.29) is 12.3 Å². The number of rotatable bonds is 5. The fraction of sp³-hybridized carbons (Fsp3) is 0.375. The highest BCUT2D eigenvalue weighted by Gasteiger charge is 2.28. The number of amides is 2. The third kappa shape index (κ3) is 3.89. The Kier molecular flexibility index (Phi) is 4.45. The van der Waals surface area contributed by atoms with E-state index in [1.807, 2.05) is 14.0 Å². The number of nitrogens with one attached hydrogen (secondary N) is 2. The lowest BCUT2D eigenvalue weighted by Gasteiger charge is -2.07. The molecule has 8 heteroatoms. The lowest BCUT2D eigenvalue weighted by molar-refractivity contribution is -0.123. The van der Waals surface area contributed by atoms with Crippen LogP contribution in [0.3, 0.4) is 0 Å². The number of hydrogen-bond donors (Lipinski definition) is 2. The van der Waals surface area contributed by atoms with Gasteiger partial charge in [-0.25, -0.2) is 0 Å². The Morgan fingerprint density at radius 3 is 2.79 bits per heavy atom. The van der Waals surface area contributed by atoms with Crippen LogP contribution < -0.4 is 15.6 Å². The Balaban J connectivity index is 1.46. The predicted molar refractivity (Wildman–Crippen MR) is 85.3 cm³/mol. The molecule has 0 radical (unpaired) electrons. The average Bonchev–Trinajstić information content (AvgIpc) is 3.34. The monoisotopic (exact) mass is 329 g/mol. The zero-order valence-electron chi connectivity index (χ0n) is 13.6. The van der Waals surface area contributed by atoms with Gasteiger partial charge in [0.15, 0.2) is 12.3 Å². The van der Waals surface area contributed by atoms with Crippen LogP contribution in [0.5, 0.6) is 5.75 Å². The molecule has 2 aromatic rings. The molecule has 0 aliphatic heterocycles. The molecule has 2 N–H and O–H groups in total. The van der Waals surface area contributed by atoms with E-state index < -0.39 is 11.8 Å². The maximum absolute atomic E-state index is 12.0. The molecular weight excluding hydrogens is 310 g/mol. The second-order valence-electron chi connectivity index (χ2n) is 5.78. The summed E-state index contributed by atoms with van der Waals surface area (Å²) in [7, 11) is 1.81. The van der Waals surface area contributed by atoms with Crippen LogP contribution in [0.25, 0.3) is 0 Å². The Labute approximate surface area is 139 Å². The van der Waals surface area contributed by atoms with Crippen molar-refractivity contribution in [1.29, 1.82) is 0 Å². The van der Waals surface area contributed by atoms with E-state index in [1.165, 1.54) is 6.20 Å². The molecule has 24 heavy (non-hydrogen) atoms. The van der Waals surface area contributed by atoms with Crippen molar-refractivity contribution >= 4 is 11.8 Å². The lowest BCUT2D eigenvalue weighted by Crippen LogP contribution is -2.44. The Morgan fingerprint density at radius 1 is 1.33 bits per heavy atom. The summed E-state index contributed by atoms with van der Waals surface area (Å²) in [4.78, 5) is 27.8. The van der Waals surface area contributed by atoms with E-state index in [0.29, 0.717) is 11.7 Å². The van der Waals surface area contributed by atoms with Gasteiger partial charge in [-0.05, 0) is 38.0 Å². The lowest BCUT2D eigenvalue weighted by atomic mass is 10.2. The van der Waals surface area contributed by atoms with Crippen molar-refractivity contribution in [2.45, 2.75) is 25.7 Å². The van der Waals surface area contributed by atoms with Gasteiger partial charge in [-0.3, -0.25) is 30.1 Å². The van der Waals surface area contributed by atoms with Gasteiger partial charge in [-0.15, -0.1) is 0 Å². The van der Waals surface area contributed by atoms with Gasteiger partial charge in [0.05, 0.1) is 6.20 Å². The number of hydrogen-bond acceptors (Lipinski definition) is 5. The molecule has 126 valence electrons. The molecule has 2 aromatic heterocycles. The van der Waals surface area contributed by atoms with Crippen molar-refractivity contribution in [2.75, 3.05) is 6.61 Å². The van der Waals surface area contributed by atoms with Crippen LogP contribution in [0, 0.1) is 6.92 Å². The summed E-state index contributed by atoms with van der Waals surface area (Å²) >= 11 is 0. The fourth-order valence-electron chi connectivity index (χ4n) is 2.27. The summed E-state index contributed by atoms with van der Waals surface area (Å²) in [5, 5.41) is 4.17. The van der Waals surface area contributed by atoms with Crippen LogP contribution in [0.2, 0.25) is 0 Å². The third-order valence-electron chi connectivity index (χ3n) is 3.71. The minimum absolute atomic E-state index is 0.222. The first kappa shape index (κ1) is 16.0. The molecule has 1 saturated carbocycles. The summed E-state index contributed by atoms with van der Waals surface area (Å²) in [5.41, 5.74) is 6.82. The van der Waals surface area contributed by atoms with E-state index in [9.17, 15) is 9.59 Å². The highest BCUT2D eigenvalue weighted by molar-refractivity contribution is 5.93. The van der Waals surface area contributed by atoms with E-state index in [1.54, 1.807) is 22.9 Å². The molecule has 1 fully saturated rings. The van der Waals surface area contributed by atoms with Crippen LogP contribution >= 0.6 is 0 Å². The number of carbonyl (C=O) groups excluding carboxylic acids is 2. The van der Waals surface area contributed by atoms with E-state index in [0.717, 1.165) is 24.2 Å². The largest absolute Gasteiger partial charge is 0.482 e. The van der Waals surface area contributed by atoms with Crippen molar-refractivity contribution in [1.82, 2.24) is 25.6 Å². The highest BCUT2D eigenvalue weighted by Crippen LogP contribution is 2.39. The molecule has 0 saturated heterocycles. The average molecular weight is 329 g/mol. The molecule has 3 rings (SSSR count). The molecule has 2 amide bonds. The van der Waals surface area contributed by atoms with Gasteiger partial charge in [0, 0.05) is 24.4 Å². The van der Waals surface area contributed by atoms with Crippen LogP contribution in [0.15, 0.2) is 24.4 Å². The van der Waals surface area contributed by atoms with Gasteiger partial charge >= 0.3 is 0 Å². The molecule has 0 spiro atoms. The topological polar surface area (TPSA) is 98.1 Å². The third-order valence-corrected chi connectivity index (χ3v) is 3.71. The van der Waals surface area contributed by atoms with Crippen LogP contribution in [0.4, 0.5) is 0 Å². The first-order chi connectivity index (χ1) is 11.5. The van der Waals surface area contributed by atoms with Gasteiger partial charge in [0.2, 0.25) is 0 Å². The Bertz CT molecular complexity index is 750. The molecule has 0 unspecified atom stereocenters. The second-order valence-corrected chi connectivity index (χ2v) is 5.78. The number of pyridine rings is 1. The number of ether oxygens (including phenoxy) is 1. The minimum atomic E-state index is -0.470. The van der Waals surface area contributed by atoms with Crippen LogP contribution in [-0.2, 0) is 11.8 Å². The van der Waals surface area contributed by atoms with E-state index in [2.05, 4.69) is 20.9 Å². The first-order valence-electron chi connectivity index (χ1n) is 7.71. The molecule has 0 bridgehead atoms. The van der Waals surface area contributed by atoms with Gasteiger partial charge in [-0.2, -0.15) is 5.10 Å². The summed E-state index contributed by atoms with van der Waals surface area (Å²) in [6, 6.07) is 5.27. The Morgan fingerprint density at radius 2 is 2.12 bits per heavy atom. The van der Waals surface area contributed by atoms with Crippen LogP contribution in [0.1, 0.15) is 40.6 Å². The summed E-state index contributed by atoms with van der Waals surface area (Å²) in [5.74, 6) is 0.0566. The molecule has 0 aromatic carbocycles. The highest BCUT2D eigenvalue weighted by atomic mass is 16.5. The smallest absolute Gasteiger partial charge is 0.290 e. The van der Waals surface area contributed by atoms with E-state index in [4.69, 9.17) is 4.74 Å². The summed E-state index contributed by atoms with van der Waals surface area (Å²) in [6.07, 6.45) is 3.79. The number of carbonyl (C=O) groups is 2. The van der Waals surface area contributed by atoms with Gasteiger partial charge in [0.1, 0.15) is 5.75 Å². The quantitative estimate of drug-likeness (QED) is 0.792. The standard InChI is InChI=1S/C16H19N5O3/c1-10-3-6-12(8-17-10)24-9-15(22)18-19-16(23)13-7-14(11-4-5-11)21(2)20-13/h3,6-8,11H,4-5,9H2,1-2H3,(H,18,22)(H,19,23). The SMILES string of the molecule is Cc1ccc(OCC(=O)NNC(=O)c2cc(C3CC3)n(C)n2)cn1. The summed E-state index contributed by atoms with van der Waals surface area (Å²) < 4.78 is 6.99. The predicted octanol–water partition coefficient (Wildman–Crippen LogP) is 0.841. The van der Waals surface area contributed by atoms with Crippen molar-refractivity contribution in [3.63, 3.8) is 0 Å². The minimum Gasteiger partial charge on any atom is -0.482 e. The molecule has 1 aliphatic carbocycles. The van der Waals surface area contributed by atoms with Crippen molar-refractivity contribution < 1.29 is 14.3 Å². The molecular formula is C16H19N5O3. The Hall–Kier alpha value is -2.90. The molecule has 0 atom stereocenters. The van der Waals surface area contributed by atoms with Gasteiger partial charge in [-0.1, -0.05) is 0 Å². The van der Waals surface area contributed by atoms with Crippen molar-refractivity contribution in [3.05, 3.63) is 41.5 Å². The zero-order valence-corrected chi connectivity index (χ0v) is 13.6. The number of aromatic nitrogens is 3. The maximum Gasteiger partial charge on any atom is 0.290 e. The number of aryl methyl sites for hydroxylation is 2. The molecule has 1 aliphatic rings. The normalized spacial score (nSPS) is 13.4. The number of hydrazine groups is 1. The fourth-order valence-corrected chi connectivity index (χ4v) is 2.27. The van der Waals surface area contributed by atoms with Crippen LogP contribution in [-0.4, -0.2) is 33.2 Å². The summed E-state index contributed by atoms with van der Waals surface area (Å²) in [6.45, 7) is 1.64. The van der Waals surface area contributed by atoms with Crippen molar-refractivity contribution in [3.8, 4) is 5.75 Å². The molecule has 8 nitrogen and oxygen atoms in total. The second kappa shape index (κ2) is 6.69.